The number of fused-ring (bicyclic) bond motifs is 2. The fraction of sp³-hybridized carbons (Fsp3) is 0.631. The van der Waals surface area contributed by atoms with Crippen LogP contribution in [0, 0.1) is 0 Å². The van der Waals surface area contributed by atoms with E-state index in [1.54, 1.807) is 9.80 Å². The Balaban J connectivity index is 1.26. The molecule has 0 atom stereocenters. The van der Waals surface area contributed by atoms with Crippen molar-refractivity contribution in [3.8, 4) is 0 Å². The fourth-order valence-electron chi connectivity index (χ4n) is 14.4. The first-order chi connectivity index (χ1) is 36.3. The lowest BCUT2D eigenvalue weighted by molar-refractivity contribution is 0.0501. The smallest absolute Gasteiger partial charge is 0.261 e. The van der Waals surface area contributed by atoms with Gasteiger partial charge in [-0.05, 0) is 113 Å². The largest absolute Gasteiger partial charge is 0.371 e. The number of hydrogen-bond acceptors (Lipinski definition) is 7. The molecule has 0 unspecified atom stereocenters. The average Bonchev–Trinajstić information content (AvgIpc) is 3.44. The Hall–Kier alpha value is -4.92. The summed E-state index contributed by atoms with van der Waals surface area (Å²) in [4.78, 5) is 73.9. The van der Waals surface area contributed by atoms with Crippen molar-refractivity contribution >= 4 is 83.8 Å². The zero-order valence-corrected chi connectivity index (χ0v) is 46.2. The number of carbonyl (C=O) groups is 4. The molecule has 4 amide bonds. The molecule has 10 rings (SSSR count). The highest BCUT2D eigenvalue weighted by molar-refractivity contribution is 6.46. The molecule has 5 aromatic carbocycles. The summed E-state index contributed by atoms with van der Waals surface area (Å²) in [7, 11) is 0. The summed E-state index contributed by atoms with van der Waals surface area (Å²) in [5.74, 6) is -0.565. The zero-order valence-electron chi connectivity index (χ0n) is 46.2. The number of rotatable bonds is 25. The normalized spacial score (nSPS) is 17.7. The molecule has 0 radical (unpaired) electrons. The Morgan fingerprint density at radius 2 is 0.662 bits per heavy atom. The van der Waals surface area contributed by atoms with Gasteiger partial charge in [-0.2, -0.15) is 0 Å². The molecular formula is C65H89N5O4. The van der Waals surface area contributed by atoms with Crippen LogP contribution in [0.3, 0.4) is 0 Å². The van der Waals surface area contributed by atoms with E-state index in [2.05, 4.69) is 66.7 Å². The van der Waals surface area contributed by atoms with Gasteiger partial charge in [0.05, 0.1) is 16.7 Å². The summed E-state index contributed by atoms with van der Waals surface area (Å²) in [6.07, 6.45) is 30.9. The lowest BCUT2D eigenvalue weighted by Gasteiger charge is -2.40. The monoisotopic (exact) mass is 1000 g/mol. The van der Waals surface area contributed by atoms with Crippen LogP contribution in [-0.4, -0.2) is 84.8 Å². The average molecular weight is 1000 g/mol. The molecule has 0 aliphatic carbocycles. The van der Waals surface area contributed by atoms with E-state index in [-0.39, 0.29) is 35.7 Å². The van der Waals surface area contributed by atoms with Gasteiger partial charge in [0, 0.05) is 112 Å². The van der Waals surface area contributed by atoms with Gasteiger partial charge in [-0.1, -0.05) is 136 Å². The van der Waals surface area contributed by atoms with Crippen molar-refractivity contribution in [3.05, 3.63) is 52.6 Å². The van der Waals surface area contributed by atoms with Gasteiger partial charge in [0.1, 0.15) is 0 Å². The lowest BCUT2D eigenvalue weighted by Crippen LogP contribution is -2.47. The summed E-state index contributed by atoms with van der Waals surface area (Å²) < 4.78 is 0. The fourth-order valence-corrected chi connectivity index (χ4v) is 14.4. The first kappa shape index (κ1) is 52.5. The van der Waals surface area contributed by atoms with E-state index in [1.807, 2.05) is 6.07 Å². The maximum absolute atomic E-state index is 15.8. The first-order valence-corrected chi connectivity index (χ1v) is 30.6. The van der Waals surface area contributed by atoms with Gasteiger partial charge >= 0.3 is 0 Å². The molecule has 9 heteroatoms. The number of imide groups is 2. The molecule has 3 saturated heterocycles. The second kappa shape index (κ2) is 24.0. The quantitative estimate of drug-likeness (QED) is 0.0249. The van der Waals surface area contributed by atoms with Crippen molar-refractivity contribution in [1.82, 2.24) is 9.80 Å². The number of hydrogen-bond donors (Lipinski definition) is 0. The molecule has 5 aromatic rings. The molecule has 5 heterocycles. The molecule has 0 aromatic heterocycles. The molecule has 0 saturated carbocycles. The van der Waals surface area contributed by atoms with Gasteiger partial charge in [-0.15, -0.1) is 0 Å². The van der Waals surface area contributed by atoms with Gasteiger partial charge in [0.15, 0.2) is 0 Å². The lowest BCUT2D eigenvalue weighted by atomic mass is 9.79. The molecule has 0 bridgehead atoms. The van der Waals surface area contributed by atoms with Crippen LogP contribution in [0.15, 0.2) is 30.3 Å². The number of anilines is 3. The summed E-state index contributed by atoms with van der Waals surface area (Å²) >= 11 is 0. The molecule has 5 aliphatic heterocycles. The van der Waals surface area contributed by atoms with E-state index in [0.717, 1.165) is 266 Å². The van der Waals surface area contributed by atoms with Gasteiger partial charge in [-0.3, -0.25) is 29.0 Å². The summed E-state index contributed by atoms with van der Waals surface area (Å²) in [6.45, 7) is 14.3. The molecule has 9 nitrogen and oxygen atoms in total. The van der Waals surface area contributed by atoms with Crippen molar-refractivity contribution in [1.29, 1.82) is 0 Å². The zero-order chi connectivity index (χ0) is 51.3. The Morgan fingerprint density at radius 3 is 1.03 bits per heavy atom. The summed E-state index contributed by atoms with van der Waals surface area (Å²) in [5.41, 5.74) is 5.81. The van der Waals surface area contributed by atoms with Crippen molar-refractivity contribution in [2.24, 2.45) is 0 Å². The molecule has 5 aliphatic rings. The van der Waals surface area contributed by atoms with Crippen molar-refractivity contribution in [3.63, 3.8) is 0 Å². The van der Waals surface area contributed by atoms with E-state index in [9.17, 15) is 0 Å². The second-order valence-corrected chi connectivity index (χ2v) is 23.4. The van der Waals surface area contributed by atoms with Crippen LogP contribution >= 0.6 is 0 Å². The minimum Gasteiger partial charge on any atom is -0.371 e. The predicted molar refractivity (Wildman–Crippen MR) is 309 cm³/mol. The Morgan fingerprint density at radius 1 is 0.338 bits per heavy atom. The molecule has 0 spiro atoms. The van der Waals surface area contributed by atoms with Crippen molar-refractivity contribution in [2.45, 2.75) is 226 Å². The summed E-state index contributed by atoms with van der Waals surface area (Å²) in [6, 6.07) is 10.6. The standard InChI is InChI=1S/C65H89N5O4/c1-5-9-13-20-30-45(31-21-14-10-6-2)69-62(71)48-35-34-47-57-52(66-36-24-17-25-37-66)42-50-56-51(65(74)70(64(50)73)46(32-22-15-11-7-3)33-23-16-12-8-4)44-54(68-40-28-19-29-41-68)60(61(56)57)59-53(67-38-26-18-27-39-67)43-49(63(69)72)55(48)58(47)59/h34-35,42-46H,5-33,36-41H2,1-4H3. The van der Waals surface area contributed by atoms with E-state index in [1.165, 1.54) is 19.3 Å². The van der Waals surface area contributed by atoms with Crippen LogP contribution in [0.4, 0.5) is 17.1 Å². The van der Waals surface area contributed by atoms with Crippen molar-refractivity contribution in [2.75, 3.05) is 54.0 Å². The van der Waals surface area contributed by atoms with Crippen LogP contribution in [0.1, 0.15) is 255 Å². The number of benzene rings is 5. The molecule has 74 heavy (non-hydrogen) atoms. The highest BCUT2D eigenvalue weighted by Gasteiger charge is 2.43. The minimum atomic E-state index is -0.152. The number of carbonyl (C=O) groups excluding carboxylic acids is 4. The van der Waals surface area contributed by atoms with Crippen LogP contribution in [0.2, 0.25) is 0 Å². The Kier molecular flexibility index (Phi) is 17.0. The van der Waals surface area contributed by atoms with Crippen LogP contribution in [0.25, 0.3) is 43.1 Å². The van der Waals surface area contributed by atoms with Crippen LogP contribution < -0.4 is 14.7 Å². The van der Waals surface area contributed by atoms with E-state index < -0.39 is 0 Å². The highest BCUT2D eigenvalue weighted by Crippen LogP contribution is 2.55. The number of unbranched alkanes of at least 4 members (excludes halogenated alkanes) is 12. The maximum atomic E-state index is 15.8. The number of amides is 4. The van der Waals surface area contributed by atoms with E-state index in [4.69, 9.17) is 0 Å². The molecular weight excluding hydrogens is 915 g/mol. The van der Waals surface area contributed by atoms with Gasteiger partial charge in [-0.25, -0.2) is 0 Å². The third-order valence-electron chi connectivity index (χ3n) is 18.3. The molecule has 3 fully saturated rings. The highest BCUT2D eigenvalue weighted by atomic mass is 16.2. The Labute approximate surface area is 443 Å². The number of nitrogens with zero attached hydrogens (tertiary/aromatic N) is 5. The van der Waals surface area contributed by atoms with Crippen LogP contribution in [-0.2, 0) is 0 Å². The first-order valence-electron chi connectivity index (χ1n) is 30.6. The topological polar surface area (TPSA) is 84.5 Å². The molecule has 0 N–H and O–H groups in total. The Bertz CT molecular complexity index is 2770. The third kappa shape index (κ3) is 9.89. The molecule has 398 valence electrons. The van der Waals surface area contributed by atoms with Crippen molar-refractivity contribution < 1.29 is 19.2 Å². The third-order valence-corrected chi connectivity index (χ3v) is 18.3. The predicted octanol–water partition coefficient (Wildman–Crippen LogP) is 16.5. The summed E-state index contributed by atoms with van der Waals surface area (Å²) in [5, 5.41) is 7.89. The van der Waals surface area contributed by atoms with Crippen LogP contribution in [0.5, 0.6) is 0 Å². The van der Waals surface area contributed by atoms with Gasteiger partial charge in [0.25, 0.3) is 23.6 Å². The minimum absolute atomic E-state index is 0.137. The SMILES string of the molecule is CCCCCCC(CCCCCC)N1C(=O)c2ccc3c4c(N5CCCCC5)cc5c6c(cc(N7CCCCC7)c(c7c(N8CCCCC8)cc(c2c37)C1=O)c64)C(=O)N(C(CCCCCC)CCCCCC)C5=O. The maximum Gasteiger partial charge on any atom is 0.261 e. The number of piperidine rings is 3. The van der Waals surface area contributed by atoms with E-state index >= 15 is 19.2 Å². The van der Waals surface area contributed by atoms with E-state index in [0.29, 0.717) is 22.3 Å². The van der Waals surface area contributed by atoms with Gasteiger partial charge in [0.2, 0.25) is 0 Å². The van der Waals surface area contributed by atoms with Gasteiger partial charge < -0.3 is 14.7 Å². The second-order valence-electron chi connectivity index (χ2n) is 23.4.